The van der Waals surface area contributed by atoms with E-state index >= 15 is 0 Å². The minimum atomic E-state index is 0.206. The Bertz CT molecular complexity index is 621. The Morgan fingerprint density at radius 1 is 0.952 bits per heavy atom. The largest absolute Gasteiger partial charge is 0.507 e. The van der Waals surface area contributed by atoms with Crippen LogP contribution in [-0.4, -0.2) is 16.8 Å². The van der Waals surface area contributed by atoms with E-state index in [9.17, 15) is 5.11 Å². The van der Waals surface area contributed by atoms with Crippen molar-refractivity contribution in [3.05, 3.63) is 46.6 Å². The summed E-state index contributed by atoms with van der Waals surface area (Å²) in [4.78, 5) is 0. The number of aryl methyl sites for hydroxylation is 1. The predicted octanol–water partition coefficient (Wildman–Crippen LogP) is 4.92. The van der Waals surface area contributed by atoms with Crippen molar-refractivity contribution in [2.24, 2.45) is 0 Å². The van der Waals surface area contributed by atoms with Gasteiger partial charge in [-0.05, 0) is 117 Å². The molecule has 0 atom stereocenters. The fourth-order valence-corrected chi connectivity index (χ4v) is 4.41. The average Bonchev–Trinajstić information content (AvgIpc) is 2.44. The van der Waals surface area contributed by atoms with Gasteiger partial charge in [-0.3, -0.25) is 0 Å². The molecule has 2 aromatic rings. The Labute approximate surface area is 164 Å². The fraction of sp³-hybridized carbons (Fsp3) is 0.200. The fourth-order valence-electron chi connectivity index (χ4n) is 1.81. The smallest absolute Gasteiger partial charge is 0.154 e. The third kappa shape index (κ3) is 4.83. The summed E-state index contributed by atoms with van der Waals surface area (Å²) in [6.45, 7) is 0.206. The molecule has 0 amide bonds. The summed E-state index contributed by atoms with van der Waals surface area (Å²) in [5.74, 6) is 1.79. The molecule has 0 aliphatic rings. The summed E-state index contributed by atoms with van der Waals surface area (Å²) < 4.78 is 8.79. The first-order chi connectivity index (χ1) is 10.0. The highest BCUT2D eigenvalue weighted by molar-refractivity contribution is 14.1. The zero-order valence-electron chi connectivity index (χ0n) is 10.9. The third-order valence-corrected chi connectivity index (χ3v) is 5.29. The maximum absolute atomic E-state index is 9.55. The van der Waals surface area contributed by atoms with Crippen molar-refractivity contribution >= 4 is 67.8 Å². The van der Waals surface area contributed by atoms with Crippen LogP contribution in [0.2, 0.25) is 0 Å². The van der Waals surface area contributed by atoms with Crippen LogP contribution in [-0.2, 0) is 6.42 Å². The molecule has 0 fully saturated rings. The summed E-state index contributed by atoms with van der Waals surface area (Å²) in [5.41, 5.74) is 1.20. The first-order valence-corrected chi connectivity index (χ1v) is 9.50. The molecule has 0 saturated carbocycles. The molecule has 0 saturated heterocycles. The molecular weight excluding hydrogens is 609 g/mol. The van der Waals surface area contributed by atoms with Crippen molar-refractivity contribution in [2.75, 3.05) is 6.61 Å². The minimum Gasteiger partial charge on any atom is -0.507 e. The summed E-state index contributed by atoms with van der Waals surface area (Å²) in [6, 6.07) is 9.36. The van der Waals surface area contributed by atoms with E-state index in [4.69, 9.17) is 9.84 Å². The maximum atomic E-state index is 9.55. The van der Waals surface area contributed by atoms with Gasteiger partial charge in [-0.2, -0.15) is 0 Å². The number of aliphatic hydroxyl groups is 1. The number of hydrogen-bond donors (Lipinski definition) is 2. The van der Waals surface area contributed by atoms with Gasteiger partial charge in [0, 0.05) is 6.61 Å². The molecule has 0 heterocycles. The summed E-state index contributed by atoms with van der Waals surface area (Å²) in [7, 11) is 0. The second kappa shape index (κ2) is 8.16. The van der Waals surface area contributed by atoms with Gasteiger partial charge in [0.15, 0.2) is 5.75 Å². The number of halogens is 3. The Morgan fingerprint density at radius 3 is 2.19 bits per heavy atom. The van der Waals surface area contributed by atoms with Crippen LogP contribution < -0.4 is 4.74 Å². The number of phenols is 1. The average molecular weight is 622 g/mol. The zero-order chi connectivity index (χ0) is 15.4. The first-order valence-electron chi connectivity index (χ1n) is 6.26. The van der Waals surface area contributed by atoms with Gasteiger partial charge in [-0.1, -0.05) is 0 Å². The molecule has 0 aromatic heterocycles. The first kappa shape index (κ1) is 17.5. The molecule has 0 aliphatic carbocycles. The van der Waals surface area contributed by atoms with Gasteiger partial charge < -0.3 is 14.9 Å². The van der Waals surface area contributed by atoms with Crippen molar-refractivity contribution in [2.45, 2.75) is 12.8 Å². The van der Waals surface area contributed by atoms with E-state index < -0.39 is 0 Å². The molecule has 0 unspecified atom stereocenters. The highest BCUT2D eigenvalue weighted by Crippen LogP contribution is 2.34. The van der Waals surface area contributed by atoms with Gasteiger partial charge in [0.2, 0.25) is 0 Å². The second-order valence-electron chi connectivity index (χ2n) is 4.43. The van der Waals surface area contributed by atoms with Crippen molar-refractivity contribution in [3.63, 3.8) is 0 Å². The zero-order valence-corrected chi connectivity index (χ0v) is 17.4. The molecule has 0 spiro atoms. The summed E-state index contributed by atoms with van der Waals surface area (Å²) in [6.07, 6.45) is 1.63. The molecular formula is C15H13I3O3. The number of aliphatic hydroxyl groups excluding tert-OH is 1. The summed E-state index contributed by atoms with van der Waals surface area (Å²) >= 11 is 6.60. The molecule has 21 heavy (non-hydrogen) atoms. The number of phenolic OH excluding ortho intramolecular Hbond substituents is 1. The van der Waals surface area contributed by atoms with Crippen LogP contribution in [0.5, 0.6) is 17.2 Å². The topological polar surface area (TPSA) is 49.7 Å². The molecule has 2 rings (SSSR count). The lowest BCUT2D eigenvalue weighted by Gasteiger charge is -2.12. The molecule has 0 aliphatic heterocycles. The van der Waals surface area contributed by atoms with Gasteiger partial charge in [0.05, 0.1) is 10.7 Å². The lowest BCUT2D eigenvalue weighted by molar-refractivity contribution is 0.288. The molecule has 2 N–H and O–H groups in total. The molecule has 3 nitrogen and oxygen atoms in total. The monoisotopic (exact) mass is 622 g/mol. The van der Waals surface area contributed by atoms with Crippen LogP contribution >= 0.6 is 67.8 Å². The lowest BCUT2D eigenvalue weighted by atomic mass is 10.1. The lowest BCUT2D eigenvalue weighted by Crippen LogP contribution is -1.96. The van der Waals surface area contributed by atoms with Crippen LogP contribution in [0, 0.1) is 10.7 Å². The Kier molecular flexibility index (Phi) is 6.81. The van der Waals surface area contributed by atoms with Crippen LogP contribution in [0.1, 0.15) is 12.0 Å². The second-order valence-corrected chi connectivity index (χ2v) is 7.92. The van der Waals surface area contributed by atoms with E-state index in [0.717, 1.165) is 29.3 Å². The van der Waals surface area contributed by atoms with Gasteiger partial charge in [-0.25, -0.2) is 0 Å². The van der Waals surface area contributed by atoms with Crippen molar-refractivity contribution in [3.8, 4) is 17.2 Å². The van der Waals surface area contributed by atoms with Crippen LogP contribution in [0.3, 0.4) is 0 Å². The van der Waals surface area contributed by atoms with Gasteiger partial charge in [0.25, 0.3) is 0 Å². The van der Waals surface area contributed by atoms with E-state index in [2.05, 4.69) is 79.9 Å². The van der Waals surface area contributed by atoms with E-state index in [1.165, 1.54) is 5.56 Å². The standard InChI is InChI=1S/C15H13I3O3/c16-11-8-10(3-4-14(11)20)21-15-12(17)6-9(2-1-5-19)7-13(15)18/h3-4,6-8,19-20H,1-2,5H2. The predicted molar refractivity (Wildman–Crippen MR) is 108 cm³/mol. The maximum Gasteiger partial charge on any atom is 0.154 e. The quantitative estimate of drug-likeness (QED) is 0.466. The minimum absolute atomic E-state index is 0.206. The number of benzene rings is 2. The van der Waals surface area contributed by atoms with Gasteiger partial charge in [0.1, 0.15) is 11.5 Å². The Balaban J connectivity index is 2.25. The third-order valence-electron chi connectivity index (χ3n) is 2.82. The summed E-state index contributed by atoms with van der Waals surface area (Å²) in [5, 5.41) is 18.5. The normalized spacial score (nSPS) is 10.7. The van der Waals surface area contributed by atoms with E-state index in [0.29, 0.717) is 5.75 Å². The number of ether oxygens (including phenoxy) is 1. The van der Waals surface area contributed by atoms with Crippen molar-refractivity contribution in [1.82, 2.24) is 0 Å². The molecule has 0 bridgehead atoms. The van der Waals surface area contributed by atoms with Crippen molar-refractivity contribution < 1.29 is 14.9 Å². The van der Waals surface area contributed by atoms with Gasteiger partial charge >= 0.3 is 0 Å². The number of rotatable bonds is 5. The molecule has 0 radical (unpaired) electrons. The molecule has 6 heteroatoms. The highest BCUT2D eigenvalue weighted by atomic mass is 127. The van der Waals surface area contributed by atoms with Crippen molar-refractivity contribution in [1.29, 1.82) is 0 Å². The molecule has 2 aromatic carbocycles. The Morgan fingerprint density at radius 2 is 1.62 bits per heavy atom. The number of aromatic hydroxyl groups is 1. The van der Waals surface area contributed by atoms with Crippen LogP contribution in [0.4, 0.5) is 0 Å². The van der Waals surface area contributed by atoms with Crippen LogP contribution in [0.15, 0.2) is 30.3 Å². The van der Waals surface area contributed by atoms with Gasteiger partial charge in [-0.15, -0.1) is 0 Å². The highest BCUT2D eigenvalue weighted by Gasteiger charge is 2.11. The Hall–Kier alpha value is 0.190. The number of hydrogen-bond acceptors (Lipinski definition) is 3. The SMILES string of the molecule is OCCCc1cc(I)c(Oc2ccc(O)c(I)c2)c(I)c1. The van der Waals surface area contributed by atoms with E-state index in [-0.39, 0.29) is 12.4 Å². The van der Waals surface area contributed by atoms with Crippen LogP contribution in [0.25, 0.3) is 0 Å². The van der Waals surface area contributed by atoms with E-state index in [1.54, 1.807) is 12.1 Å². The van der Waals surface area contributed by atoms with E-state index in [1.807, 2.05) is 6.07 Å². The molecule has 112 valence electrons.